The number of nitrogens with zero attached hydrogens (tertiary/aromatic N) is 5. The topological polar surface area (TPSA) is 119 Å². The van der Waals surface area contributed by atoms with Gasteiger partial charge < -0.3 is 4.90 Å². The van der Waals surface area contributed by atoms with Gasteiger partial charge in [-0.3, -0.25) is 0 Å². The van der Waals surface area contributed by atoms with Gasteiger partial charge in [-0.25, -0.2) is 24.3 Å². The molecule has 0 unspecified atom stereocenters. The van der Waals surface area contributed by atoms with Crippen molar-refractivity contribution in [1.82, 2.24) is 24.3 Å². The van der Waals surface area contributed by atoms with Crippen molar-refractivity contribution in [3.05, 3.63) is 18.9 Å². The van der Waals surface area contributed by atoms with E-state index in [0.29, 0.717) is 12.5 Å². The number of nitrogens with two attached hydrogens (primary N) is 1. The van der Waals surface area contributed by atoms with E-state index in [1.165, 1.54) is 6.33 Å². The fourth-order valence-corrected chi connectivity index (χ4v) is 3.23. The predicted octanol–water partition coefficient (Wildman–Crippen LogP) is -0.476. The quantitative estimate of drug-likeness (QED) is 0.767. The summed E-state index contributed by atoms with van der Waals surface area (Å²) in [5.41, 5.74) is 0.900. The molecule has 0 spiro atoms. The van der Waals surface area contributed by atoms with E-state index in [4.69, 9.17) is 5.14 Å². The molecule has 2 aromatic rings. The van der Waals surface area contributed by atoms with Crippen molar-refractivity contribution in [3.63, 3.8) is 0 Å². The molecule has 2 aromatic heterocycles. The summed E-state index contributed by atoms with van der Waals surface area (Å²) in [6.45, 7) is 2.17. The van der Waals surface area contributed by atoms with Crippen LogP contribution in [0.25, 0.3) is 5.52 Å². The monoisotopic (exact) mass is 325 g/mol. The second-order valence-electron chi connectivity index (χ2n) is 5.47. The first-order valence-corrected chi connectivity index (χ1v) is 8.73. The third-order valence-corrected chi connectivity index (χ3v) is 4.58. The van der Waals surface area contributed by atoms with Crippen LogP contribution in [-0.2, 0) is 10.2 Å². The Morgan fingerprint density at radius 1 is 1.36 bits per heavy atom. The maximum atomic E-state index is 10.8. The van der Waals surface area contributed by atoms with Crippen LogP contribution in [0.2, 0.25) is 0 Å². The van der Waals surface area contributed by atoms with Gasteiger partial charge in [0, 0.05) is 19.6 Å². The van der Waals surface area contributed by atoms with Gasteiger partial charge in [-0.15, -0.1) is 0 Å². The minimum Gasteiger partial charge on any atom is -0.355 e. The zero-order valence-electron chi connectivity index (χ0n) is 12.1. The number of hydrogen-bond acceptors (Lipinski definition) is 6. The van der Waals surface area contributed by atoms with Crippen LogP contribution in [0.1, 0.15) is 19.3 Å². The highest BCUT2D eigenvalue weighted by Gasteiger charge is 2.22. The number of fused-ring (bicyclic) bond motifs is 1. The first kappa shape index (κ1) is 15.1. The summed E-state index contributed by atoms with van der Waals surface area (Å²) in [4.78, 5) is 10.7. The Hall–Kier alpha value is -1.78. The maximum Gasteiger partial charge on any atom is 0.274 e. The maximum absolute atomic E-state index is 10.8. The average Bonchev–Trinajstić information content (AvgIpc) is 2.95. The van der Waals surface area contributed by atoms with Gasteiger partial charge in [0.05, 0.1) is 6.20 Å². The number of imidazole rings is 1. The van der Waals surface area contributed by atoms with Gasteiger partial charge in [-0.05, 0) is 25.2 Å². The molecule has 3 rings (SSSR count). The average molecular weight is 325 g/mol. The van der Waals surface area contributed by atoms with Crippen LogP contribution >= 0.6 is 0 Å². The predicted molar refractivity (Wildman–Crippen MR) is 81.4 cm³/mol. The van der Waals surface area contributed by atoms with Crippen LogP contribution < -0.4 is 14.8 Å². The number of hydrogen-bond donors (Lipinski definition) is 2. The van der Waals surface area contributed by atoms with E-state index in [-0.39, 0.29) is 0 Å². The normalized spacial score (nSPS) is 17.2. The van der Waals surface area contributed by atoms with Gasteiger partial charge in [-0.2, -0.15) is 13.5 Å². The molecule has 1 fully saturated rings. The van der Waals surface area contributed by atoms with Gasteiger partial charge in [0.15, 0.2) is 5.82 Å². The van der Waals surface area contributed by atoms with E-state index in [2.05, 4.69) is 24.7 Å². The van der Waals surface area contributed by atoms with E-state index in [1.807, 2.05) is 0 Å². The Labute approximate surface area is 128 Å². The van der Waals surface area contributed by atoms with E-state index in [9.17, 15) is 8.42 Å². The summed E-state index contributed by atoms with van der Waals surface area (Å²) < 4.78 is 25.7. The molecule has 0 bridgehead atoms. The minimum atomic E-state index is -3.58. The Morgan fingerprint density at radius 2 is 2.14 bits per heavy atom. The van der Waals surface area contributed by atoms with Gasteiger partial charge >= 0.3 is 0 Å². The van der Waals surface area contributed by atoms with Crippen LogP contribution in [0.3, 0.4) is 0 Å². The fourth-order valence-electron chi connectivity index (χ4n) is 2.83. The second kappa shape index (κ2) is 6.15. The lowest BCUT2D eigenvalue weighted by atomic mass is 9.93. The van der Waals surface area contributed by atoms with E-state index < -0.39 is 10.2 Å². The Kier molecular flexibility index (Phi) is 4.23. The fraction of sp³-hybridized carbons (Fsp3) is 0.583. The highest BCUT2D eigenvalue weighted by molar-refractivity contribution is 7.87. The molecule has 0 aliphatic carbocycles. The molecule has 22 heavy (non-hydrogen) atoms. The molecule has 3 heterocycles. The molecule has 1 aliphatic heterocycles. The van der Waals surface area contributed by atoms with Crippen LogP contribution in [0.5, 0.6) is 0 Å². The lowest BCUT2D eigenvalue weighted by Crippen LogP contribution is -2.37. The lowest BCUT2D eigenvalue weighted by Gasteiger charge is -2.32. The van der Waals surface area contributed by atoms with Gasteiger partial charge in [0.25, 0.3) is 10.2 Å². The Bertz CT molecular complexity index is 737. The highest BCUT2D eigenvalue weighted by atomic mass is 32.2. The second-order valence-corrected chi connectivity index (χ2v) is 6.84. The lowest BCUT2D eigenvalue weighted by molar-refractivity contribution is 0.380. The molecule has 3 N–H and O–H groups in total. The molecule has 0 saturated carbocycles. The summed E-state index contributed by atoms with van der Waals surface area (Å²) >= 11 is 0. The number of aromatic nitrogens is 4. The minimum absolute atomic E-state index is 0.393. The molecular formula is C12H19N7O2S. The van der Waals surface area contributed by atoms with Crippen molar-refractivity contribution in [2.24, 2.45) is 11.1 Å². The molecule has 0 aromatic carbocycles. The summed E-state index contributed by atoms with van der Waals surface area (Å²) in [7, 11) is -3.58. The Balaban J connectivity index is 1.57. The molecule has 0 atom stereocenters. The zero-order valence-corrected chi connectivity index (χ0v) is 12.9. The molecule has 1 aliphatic rings. The first-order valence-electron chi connectivity index (χ1n) is 7.18. The third-order valence-electron chi connectivity index (χ3n) is 3.97. The third kappa shape index (κ3) is 3.51. The molecule has 120 valence electrons. The molecule has 0 amide bonds. The van der Waals surface area contributed by atoms with Gasteiger partial charge in [0.2, 0.25) is 0 Å². The molecule has 0 radical (unpaired) electrons. The number of anilines is 1. The zero-order chi connectivity index (χ0) is 15.6. The summed E-state index contributed by atoms with van der Waals surface area (Å²) in [5.74, 6) is 1.39. The van der Waals surface area contributed by atoms with Crippen molar-refractivity contribution in [3.8, 4) is 0 Å². The van der Waals surface area contributed by atoms with Crippen molar-refractivity contribution in [1.29, 1.82) is 0 Å². The van der Waals surface area contributed by atoms with Gasteiger partial charge in [0.1, 0.15) is 18.2 Å². The van der Waals surface area contributed by atoms with E-state index in [1.54, 1.807) is 17.0 Å². The van der Waals surface area contributed by atoms with Crippen LogP contribution in [0, 0.1) is 5.92 Å². The van der Waals surface area contributed by atoms with Crippen molar-refractivity contribution >= 4 is 21.5 Å². The van der Waals surface area contributed by atoms with E-state index >= 15 is 0 Å². The van der Waals surface area contributed by atoms with Gasteiger partial charge in [-0.1, -0.05) is 0 Å². The molecule has 1 saturated heterocycles. The van der Waals surface area contributed by atoms with Crippen LogP contribution in [0.15, 0.2) is 18.9 Å². The van der Waals surface area contributed by atoms with Crippen molar-refractivity contribution in [2.75, 3.05) is 24.5 Å². The largest absolute Gasteiger partial charge is 0.355 e. The molecule has 10 heteroatoms. The molecular weight excluding hydrogens is 306 g/mol. The summed E-state index contributed by atoms with van der Waals surface area (Å²) in [6, 6.07) is 0. The highest BCUT2D eigenvalue weighted by Crippen LogP contribution is 2.25. The summed E-state index contributed by atoms with van der Waals surface area (Å²) in [5, 5.41) is 9.04. The summed E-state index contributed by atoms with van der Waals surface area (Å²) in [6.07, 6.45) is 7.75. The number of rotatable bonds is 5. The standard InChI is InChI=1S/C12H19N7O2S/c13-22(20,21)17-4-1-10-2-5-18(6-3-10)12-11-7-14-9-19(11)16-8-15-12/h7-10,17H,1-6H2,(H2,13,20,21). The van der Waals surface area contributed by atoms with Crippen LogP contribution in [-0.4, -0.2) is 47.6 Å². The van der Waals surface area contributed by atoms with Crippen molar-refractivity contribution in [2.45, 2.75) is 19.3 Å². The smallest absolute Gasteiger partial charge is 0.274 e. The SMILES string of the molecule is NS(=O)(=O)NCCC1CCN(c2ncnn3cncc23)CC1. The Morgan fingerprint density at radius 3 is 2.86 bits per heavy atom. The number of piperidine rings is 1. The number of nitrogens with one attached hydrogen (secondary N) is 1. The van der Waals surface area contributed by atoms with Crippen molar-refractivity contribution < 1.29 is 8.42 Å². The van der Waals surface area contributed by atoms with Crippen LogP contribution in [0.4, 0.5) is 5.82 Å². The first-order chi connectivity index (χ1) is 10.5. The van der Waals surface area contributed by atoms with E-state index in [0.717, 1.165) is 43.7 Å². The molecule has 9 nitrogen and oxygen atoms in total.